The maximum atomic E-state index is 2.58. The zero-order valence-electron chi connectivity index (χ0n) is 25.5. The maximum Gasteiger partial charge on any atom is 0.252 e. The summed E-state index contributed by atoms with van der Waals surface area (Å²) in [6.07, 6.45) is 0.936. The number of rotatable bonds is 2. The molecule has 0 unspecified atom stereocenters. The Hall–Kier alpha value is -5.45. The fraction of sp³-hybridized carbons (Fsp3) is 0.0233. The lowest BCUT2D eigenvalue weighted by Crippen LogP contribution is -2.62. The Morgan fingerprint density at radius 1 is 0.426 bits per heavy atom. The van der Waals surface area contributed by atoms with Crippen molar-refractivity contribution in [1.82, 2.24) is 0 Å². The standard InChI is InChI=1S/C43H27BN2S/c1-3-11-27(12-4-1)29-19-21-36-33(24-29)44-34-25-30(28-13-5-2-6-14-28)20-22-37(34)46-38-17-9-10-18-39(38)47-40-26-32-23-31-15-7-8-16-35(31)45(36)42(32)41(44)43(40)46/h1-22,24-26H,23H2. The van der Waals surface area contributed by atoms with Crippen molar-refractivity contribution >= 4 is 69.0 Å². The van der Waals surface area contributed by atoms with E-state index >= 15 is 0 Å². The van der Waals surface area contributed by atoms with Gasteiger partial charge < -0.3 is 9.80 Å². The summed E-state index contributed by atoms with van der Waals surface area (Å²) in [5, 5.41) is 0. The van der Waals surface area contributed by atoms with Crippen molar-refractivity contribution in [2.75, 3.05) is 9.80 Å². The highest BCUT2D eigenvalue weighted by molar-refractivity contribution is 7.99. The van der Waals surface area contributed by atoms with Gasteiger partial charge in [-0.05, 0) is 86.2 Å². The summed E-state index contributed by atoms with van der Waals surface area (Å²) in [7, 11) is 0. The summed E-state index contributed by atoms with van der Waals surface area (Å²) in [5.74, 6) is 0. The average molecular weight is 615 g/mol. The van der Waals surface area contributed by atoms with E-state index in [1.54, 1.807) is 0 Å². The largest absolute Gasteiger partial charge is 0.311 e. The lowest BCUT2D eigenvalue weighted by molar-refractivity contribution is 1.07. The van der Waals surface area contributed by atoms with Crippen molar-refractivity contribution in [3.05, 3.63) is 163 Å². The Balaban J connectivity index is 1.27. The molecule has 7 aromatic carbocycles. The quantitative estimate of drug-likeness (QED) is 0.179. The van der Waals surface area contributed by atoms with E-state index in [2.05, 4.69) is 161 Å². The van der Waals surface area contributed by atoms with E-state index in [0.717, 1.165) is 6.42 Å². The predicted molar refractivity (Wildman–Crippen MR) is 198 cm³/mol. The third-order valence-electron chi connectivity index (χ3n) is 10.4. The second-order valence-electron chi connectivity index (χ2n) is 12.9. The zero-order chi connectivity index (χ0) is 30.6. The number of nitrogens with zero attached hydrogens (tertiary/aromatic N) is 2. The van der Waals surface area contributed by atoms with Crippen molar-refractivity contribution in [3.8, 4) is 22.3 Å². The number of hydrogen-bond donors (Lipinski definition) is 0. The molecule has 2 nitrogen and oxygen atoms in total. The highest BCUT2D eigenvalue weighted by atomic mass is 32.2. The topological polar surface area (TPSA) is 6.48 Å². The molecule has 0 radical (unpaired) electrons. The van der Waals surface area contributed by atoms with Gasteiger partial charge in [-0.1, -0.05) is 127 Å². The van der Waals surface area contributed by atoms with Gasteiger partial charge in [0.2, 0.25) is 0 Å². The van der Waals surface area contributed by atoms with E-state index in [9.17, 15) is 0 Å². The summed E-state index contributed by atoms with van der Waals surface area (Å²) in [6, 6.07) is 56.4. The van der Waals surface area contributed by atoms with Crippen LogP contribution in [0.1, 0.15) is 11.1 Å². The lowest BCUT2D eigenvalue weighted by atomic mass is 9.33. The first-order valence-corrected chi connectivity index (χ1v) is 17.2. The van der Waals surface area contributed by atoms with Gasteiger partial charge in [-0.2, -0.15) is 0 Å². The molecule has 47 heavy (non-hydrogen) atoms. The minimum atomic E-state index is 0.0969. The van der Waals surface area contributed by atoms with Gasteiger partial charge in [0.05, 0.1) is 11.4 Å². The zero-order valence-corrected chi connectivity index (χ0v) is 26.3. The maximum absolute atomic E-state index is 2.58. The molecule has 0 amide bonds. The summed E-state index contributed by atoms with van der Waals surface area (Å²) in [5.41, 5.74) is 19.8. The van der Waals surface area contributed by atoms with Gasteiger partial charge in [0.1, 0.15) is 0 Å². The van der Waals surface area contributed by atoms with Crippen molar-refractivity contribution in [1.29, 1.82) is 0 Å². The molecule has 11 rings (SSSR count). The summed E-state index contributed by atoms with van der Waals surface area (Å²) in [6.45, 7) is 0.0969. The molecule has 4 aliphatic rings. The van der Waals surface area contributed by atoms with E-state index in [1.165, 1.54) is 93.7 Å². The highest BCUT2D eigenvalue weighted by Crippen LogP contribution is 2.56. The first kappa shape index (κ1) is 25.7. The second kappa shape index (κ2) is 9.54. The highest BCUT2D eigenvalue weighted by Gasteiger charge is 2.48. The molecule has 0 N–H and O–H groups in total. The number of anilines is 6. The fourth-order valence-electron chi connectivity index (χ4n) is 8.44. The van der Waals surface area contributed by atoms with E-state index in [-0.39, 0.29) is 6.71 Å². The first-order chi connectivity index (χ1) is 23.3. The third kappa shape index (κ3) is 3.54. The average Bonchev–Trinajstić information content (AvgIpc) is 3.14. The van der Waals surface area contributed by atoms with Crippen LogP contribution in [0, 0.1) is 0 Å². The van der Waals surface area contributed by atoms with Crippen LogP contribution < -0.4 is 26.2 Å². The van der Waals surface area contributed by atoms with Gasteiger partial charge in [-0.15, -0.1) is 0 Å². The lowest BCUT2D eigenvalue weighted by Gasteiger charge is -2.48. The van der Waals surface area contributed by atoms with Gasteiger partial charge in [-0.3, -0.25) is 0 Å². The Morgan fingerprint density at radius 3 is 1.68 bits per heavy atom. The minimum Gasteiger partial charge on any atom is -0.311 e. The fourth-order valence-corrected chi connectivity index (χ4v) is 9.59. The predicted octanol–water partition coefficient (Wildman–Crippen LogP) is 9.47. The first-order valence-electron chi connectivity index (χ1n) is 16.4. The monoisotopic (exact) mass is 614 g/mol. The van der Waals surface area contributed by atoms with Gasteiger partial charge in [0, 0.05) is 39.0 Å². The molecular weight excluding hydrogens is 587 g/mol. The molecule has 0 saturated heterocycles. The number of fused-ring (bicyclic) bond motifs is 10. The van der Waals surface area contributed by atoms with Crippen molar-refractivity contribution < 1.29 is 0 Å². The molecule has 0 fully saturated rings. The molecule has 7 aromatic rings. The van der Waals surface area contributed by atoms with Gasteiger partial charge in [0.15, 0.2) is 0 Å². The molecule has 4 heterocycles. The van der Waals surface area contributed by atoms with Crippen LogP contribution in [0.4, 0.5) is 34.1 Å². The smallest absolute Gasteiger partial charge is 0.252 e. The summed E-state index contributed by atoms with van der Waals surface area (Å²) < 4.78 is 0. The molecule has 218 valence electrons. The van der Waals surface area contributed by atoms with E-state index < -0.39 is 0 Å². The van der Waals surface area contributed by atoms with E-state index in [4.69, 9.17) is 0 Å². The second-order valence-corrected chi connectivity index (χ2v) is 14.0. The molecule has 0 atom stereocenters. The van der Waals surface area contributed by atoms with Crippen molar-refractivity contribution in [2.45, 2.75) is 16.2 Å². The minimum absolute atomic E-state index is 0.0969. The Morgan fingerprint density at radius 2 is 1.00 bits per heavy atom. The number of hydrogen-bond acceptors (Lipinski definition) is 3. The van der Waals surface area contributed by atoms with Gasteiger partial charge in [0.25, 0.3) is 6.71 Å². The normalized spacial score (nSPS) is 14.1. The molecule has 0 spiro atoms. The van der Waals surface area contributed by atoms with Crippen molar-refractivity contribution in [2.24, 2.45) is 0 Å². The van der Waals surface area contributed by atoms with Gasteiger partial charge >= 0.3 is 0 Å². The molecule has 0 aliphatic carbocycles. The van der Waals surface area contributed by atoms with Crippen LogP contribution in [0.2, 0.25) is 0 Å². The number of benzene rings is 7. The SMILES string of the molecule is c1ccc(-c2ccc3c(c2)B2c4cc(-c5ccccc5)ccc4N4c5ccccc5Sc5cc6c(c2c54)N3c2ccccc2C6)cc1. The van der Waals surface area contributed by atoms with Crippen LogP contribution in [-0.4, -0.2) is 6.71 Å². The molecule has 0 aromatic heterocycles. The Labute approximate surface area is 279 Å². The van der Waals surface area contributed by atoms with Crippen LogP contribution in [0.5, 0.6) is 0 Å². The van der Waals surface area contributed by atoms with Crippen LogP contribution in [0.15, 0.2) is 161 Å². The summed E-state index contributed by atoms with van der Waals surface area (Å²) in [4.78, 5) is 7.81. The summed E-state index contributed by atoms with van der Waals surface area (Å²) >= 11 is 1.93. The Kier molecular flexibility index (Phi) is 5.22. The Bertz CT molecular complexity index is 2270. The van der Waals surface area contributed by atoms with Crippen LogP contribution in [0.25, 0.3) is 22.3 Å². The third-order valence-corrected chi connectivity index (χ3v) is 11.5. The molecule has 0 saturated carbocycles. The molecular formula is C43H27BN2S. The molecule has 0 bridgehead atoms. The van der Waals surface area contributed by atoms with Crippen LogP contribution >= 0.6 is 11.8 Å². The number of para-hydroxylation sites is 2. The van der Waals surface area contributed by atoms with E-state index in [1.807, 2.05) is 11.8 Å². The molecule has 4 aliphatic heterocycles. The van der Waals surface area contributed by atoms with Crippen LogP contribution in [0.3, 0.4) is 0 Å². The van der Waals surface area contributed by atoms with E-state index in [0.29, 0.717) is 0 Å². The molecule has 4 heteroatoms. The van der Waals surface area contributed by atoms with Crippen molar-refractivity contribution in [3.63, 3.8) is 0 Å². The van der Waals surface area contributed by atoms with Gasteiger partial charge in [-0.25, -0.2) is 0 Å². The van der Waals surface area contributed by atoms with Crippen LogP contribution in [-0.2, 0) is 6.42 Å².